The number of methoxy groups -OCH3 is 1. The molecule has 0 fully saturated rings. The standard InChI is InChI=1S/C18H15ClN2O3/c1-11(20-21-14-4-6-15(23-2)7-5-14)16-10-12-9-13(19)3-8-17(12)24-18(16)22/h3-10,21H,1-2H3/b20-11+. The minimum absolute atomic E-state index is 0.380. The first-order chi connectivity index (χ1) is 11.6. The molecule has 2 aromatic carbocycles. The number of nitrogens with one attached hydrogen (secondary N) is 1. The van der Waals surface area contributed by atoms with Gasteiger partial charge in [-0.05, 0) is 55.5 Å². The highest BCUT2D eigenvalue weighted by atomic mass is 35.5. The molecule has 0 aliphatic heterocycles. The number of hydrogen-bond acceptors (Lipinski definition) is 5. The Balaban J connectivity index is 1.90. The fourth-order valence-corrected chi connectivity index (χ4v) is 2.40. The lowest BCUT2D eigenvalue weighted by molar-refractivity contribution is 0.415. The maximum Gasteiger partial charge on any atom is 0.345 e. The van der Waals surface area contributed by atoms with Gasteiger partial charge < -0.3 is 9.15 Å². The quantitative estimate of drug-likeness (QED) is 0.436. The van der Waals surface area contributed by atoms with Crippen molar-refractivity contribution in [3.05, 3.63) is 69.5 Å². The van der Waals surface area contributed by atoms with E-state index in [2.05, 4.69) is 10.5 Å². The lowest BCUT2D eigenvalue weighted by Crippen LogP contribution is -2.13. The maximum absolute atomic E-state index is 12.1. The van der Waals surface area contributed by atoms with Crippen LogP contribution >= 0.6 is 11.6 Å². The summed E-state index contributed by atoms with van der Waals surface area (Å²) >= 11 is 5.98. The first-order valence-electron chi connectivity index (χ1n) is 7.25. The van der Waals surface area contributed by atoms with Crippen LogP contribution in [0.3, 0.4) is 0 Å². The molecule has 0 amide bonds. The van der Waals surface area contributed by atoms with E-state index in [1.54, 1.807) is 38.3 Å². The van der Waals surface area contributed by atoms with Crippen LogP contribution in [-0.4, -0.2) is 12.8 Å². The van der Waals surface area contributed by atoms with Crippen LogP contribution in [0.15, 0.2) is 62.8 Å². The van der Waals surface area contributed by atoms with Crippen molar-refractivity contribution in [3.63, 3.8) is 0 Å². The molecule has 6 heteroatoms. The van der Waals surface area contributed by atoms with Gasteiger partial charge in [0.05, 0.1) is 24.1 Å². The fourth-order valence-electron chi connectivity index (χ4n) is 2.22. The summed E-state index contributed by atoms with van der Waals surface area (Å²) in [5.41, 5.74) is 4.63. The third-order valence-corrected chi connectivity index (χ3v) is 3.76. The zero-order valence-electron chi connectivity index (χ0n) is 13.2. The van der Waals surface area contributed by atoms with E-state index >= 15 is 0 Å². The summed E-state index contributed by atoms with van der Waals surface area (Å²) < 4.78 is 10.4. The Kier molecular flexibility index (Phi) is 4.53. The van der Waals surface area contributed by atoms with Crippen molar-refractivity contribution < 1.29 is 9.15 Å². The van der Waals surface area contributed by atoms with Crippen LogP contribution in [0.5, 0.6) is 5.75 Å². The van der Waals surface area contributed by atoms with Crippen LogP contribution in [0, 0.1) is 0 Å². The Bertz CT molecular complexity index is 962. The largest absolute Gasteiger partial charge is 0.497 e. The van der Waals surface area contributed by atoms with Crippen molar-refractivity contribution in [2.75, 3.05) is 12.5 Å². The predicted molar refractivity (Wildman–Crippen MR) is 96.3 cm³/mol. The number of rotatable bonds is 4. The average molecular weight is 343 g/mol. The minimum Gasteiger partial charge on any atom is -0.497 e. The molecule has 3 aromatic rings. The van der Waals surface area contributed by atoms with Crippen molar-refractivity contribution in [2.45, 2.75) is 6.92 Å². The molecule has 1 N–H and O–H groups in total. The Labute approximate surface area is 143 Å². The molecule has 1 aromatic heterocycles. The van der Waals surface area contributed by atoms with E-state index in [9.17, 15) is 4.79 Å². The highest BCUT2D eigenvalue weighted by molar-refractivity contribution is 6.31. The van der Waals surface area contributed by atoms with Crippen LogP contribution in [0.25, 0.3) is 11.0 Å². The van der Waals surface area contributed by atoms with Gasteiger partial charge in [0.1, 0.15) is 11.3 Å². The van der Waals surface area contributed by atoms with E-state index < -0.39 is 5.63 Å². The first kappa shape index (κ1) is 16.1. The summed E-state index contributed by atoms with van der Waals surface area (Å²) in [4.78, 5) is 12.1. The molecule has 1 heterocycles. The Hall–Kier alpha value is -2.79. The topological polar surface area (TPSA) is 63.8 Å². The van der Waals surface area contributed by atoms with Gasteiger partial charge in [-0.2, -0.15) is 5.10 Å². The minimum atomic E-state index is -0.442. The van der Waals surface area contributed by atoms with E-state index in [4.69, 9.17) is 20.8 Å². The number of fused-ring (bicyclic) bond motifs is 1. The van der Waals surface area contributed by atoms with Gasteiger partial charge in [0, 0.05) is 10.4 Å². The predicted octanol–water partition coefficient (Wildman–Crippen LogP) is 4.29. The molecule has 0 aliphatic rings. The third kappa shape index (κ3) is 3.41. The van der Waals surface area contributed by atoms with E-state index in [-0.39, 0.29) is 0 Å². The third-order valence-electron chi connectivity index (χ3n) is 3.53. The highest BCUT2D eigenvalue weighted by Gasteiger charge is 2.09. The van der Waals surface area contributed by atoms with Gasteiger partial charge in [-0.1, -0.05) is 11.6 Å². The van der Waals surface area contributed by atoms with Gasteiger partial charge in [-0.3, -0.25) is 5.43 Å². The summed E-state index contributed by atoms with van der Waals surface area (Å²) in [7, 11) is 1.61. The molecule has 0 bridgehead atoms. The summed E-state index contributed by atoms with van der Waals surface area (Å²) in [6.07, 6.45) is 0. The van der Waals surface area contributed by atoms with E-state index in [0.717, 1.165) is 16.8 Å². The molecule has 0 saturated heterocycles. The van der Waals surface area contributed by atoms with E-state index in [1.165, 1.54) is 0 Å². The summed E-state index contributed by atoms with van der Waals surface area (Å²) in [6, 6.07) is 14.1. The molecule has 0 saturated carbocycles. The molecule has 0 aliphatic carbocycles. The molecule has 0 atom stereocenters. The van der Waals surface area contributed by atoms with Crippen LogP contribution in [0.1, 0.15) is 12.5 Å². The van der Waals surface area contributed by atoms with Crippen molar-refractivity contribution in [2.24, 2.45) is 5.10 Å². The average Bonchev–Trinajstić information content (AvgIpc) is 2.60. The number of nitrogens with zero attached hydrogens (tertiary/aromatic N) is 1. The zero-order chi connectivity index (χ0) is 17.1. The molecule has 24 heavy (non-hydrogen) atoms. The Morgan fingerprint density at radius 3 is 2.62 bits per heavy atom. The Morgan fingerprint density at radius 2 is 1.92 bits per heavy atom. The van der Waals surface area contributed by atoms with Gasteiger partial charge in [-0.15, -0.1) is 0 Å². The van der Waals surface area contributed by atoms with Crippen LogP contribution in [-0.2, 0) is 0 Å². The van der Waals surface area contributed by atoms with Crippen molar-refractivity contribution in [1.29, 1.82) is 0 Å². The second-order valence-corrected chi connectivity index (χ2v) is 5.60. The molecule has 5 nitrogen and oxygen atoms in total. The van der Waals surface area contributed by atoms with E-state index in [1.807, 2.05) is 24.3 Å². The van der Waals surface area contributed by atoms with Gasteiger partial charge in [0.25, 0.3) is 0 Å². The molecule has 0 radical (unpaired) electrons. The number of hydrazone groups is 1. The second-order valence-electron chi connectivity index (χ2n) is 5.17. The van der Waals surface area contributed by atoms with Gasteiger partial charge in [0.15, 0.2) is 0 Å². The molecular weight excluding hydrogens is 328 g/mol. The first-order valence-corrected chi connectivity index (χ1v) is 7.63. The van der Waals surface area contributed by atoms with Crippen molar-refractivity contribution in [1.82, 2.24) is 0 Å². The number of ether oxygens (including phenoxy) is 1. The number of halogens is 1. The van der Waals surface area contributed by atoms with Crippen LogP contribution in [0.2, 0.25) is 5.02 Å². The van der Waals surface area contributed by atoms with Gasteiger partial charge in [-0.25, -0.2) is 4.79 Å². The van der Waals surface area contributed by atoms with Gasteiger partial charge >= 0.3 is 5.63 Å². The van der Waals surface area contributed by atoms with Crippen molar-refractivity contribution in [3.8, 4) is 5.75 Å². The Morgan fingerprint density at radius 1 is 1.17 bits per heavy atom. The number of hydrogen-bond donors (Lipinski definition) is 1. The summed E-state index contributed by atoms with van der Waals surface area (Å²) in [5, 5.41) is 5.57. The van der Waals surface area contributed by atoms with Gasteiger partial charge in [0.2, 0.25) is 0 Å². The molecule has 122 valence electrons. The molecular formula is C18H15ClN2O3. The number of benzene rings is 2. The zero-order valence-corrected chi connectivity index (χ0v) is 13.9. The SMILES string of the molecule is COc1ccc(N/N=C(\C)c2cc3cc(Cl)ccc3oc2=O)cc1. The van der Waals surface area contributed by atoms with Crippen LogP contribution in [0.4, 0.5) is 5.69 Å². The van der Waals surface area contributed by atoms with Crippen LogP contribution < -0.4 is 15.8 Å². The van der Waals surface area contributed by atoms with E-state index in [0.29, 0.717) is 21.9 Å². The maximum atomic E-state index is 12.1. The lowest BCUT2D eigenvalue weighted by atomic mass is 10.1. The second kappa shape index (κ2) is 6.76. The number of anilines is 1. The monoisotopic (exact) mass is 342 g/mol. The normalized spacial score (nSPS) is 11.5. The highest BCUT2D eigenvalue weighted by Crippen LogP contribution is 2.19. The molecule has 0 unspecified atom stereocenters. The molecule has 0 spiro atoms. The van der Waals surface area contributed by atoms with Crippen molar-refractivity contribution >= 4 is 34.0 Å². The fraction of sp³-hybridized carbons (Fsp3) is 0.111. The lowest BCUT2D eigenvalue weighted by Gasteiger charge is -2.05. The summed E-state index contributed by atoms with van der Waals surface area (Å²) in [5.74, 6) is 0.758. The summed E-state index contributed by atoms with van der Waals surface area (Å²) in [6.45, 7) is 1.74. The smallest absolute Gasteiger partial charge is 0.345 e. The molecule has 3 rings (SSSR count).